The molecule has 0 aromatic carbocycles. The number of thioether (sulfide) groups is 3. The quantitative estimate of drug-likeness (QED) is 0.441. The fourth-order valence-corrected chi connectivity index (χ4v) is 3.99. The molecule has 0 aromatic rings. The molecular formula is C3H5NOS3. The highest BCUT2D eigenvalue weighted by Crippen LogP contribution is 2.30. The molecule has 0 spiro atoms. The smallest absolute Gasteiger partial charge is 0.170 e. The highest BCUT2D eigenvalue weighted by molar-refractivity contribution is 8.48. The summed E-state index contributed by atoms with van der Waals surface area (Å²) in [4.78, 5) is 0. The zero-order chi connectivity index (χ0) is 5.82. The second kappa shape index (κ2) is 3.53. The van der Waals surface area contributed by atoms with Crippen LogP contribution >= 0.6 is 35.3 Å². The lowest BCUT2D eigenvalue weighted by Crippen LogP contribution is -1.93. The fraction of sp³-hybridized carbons (Fsp3) is 0.667. The summed E-state index contributed by atoms with van der Waals surface area (Å²) in [6, 6.07) is 0. The molecule has 0 amide bonds. The zero-order valence-electron chi connectivity index (χ0n) is 4.03. The van der Waals surface area contributed by atoms with Crippen LogP contribution in [-0.2, 0) is 0 Å². The van der Waals surface area contributed by atoms with Gasteiger partial charge in [-0.05, 0) is 0 Å². The van der Waals surface area contributed by atoms with Crippen LogP contribution in [0.1, 0.15) is 0 Å². The zero-order valence-corrected chi connectivity index (χ0v) is 6.48. The van der Waals surface area contributed by atoms with Crippen molar-refractivity contribution in [1.29, 1.82) is 0 Å². The number of nitrogens with zero attached hydrogens (tertiary/aromatic N) is 1. The van der Waals surface area contributed by atoms with Gasteiger partial charge in [-0.3, -0.25) is 0 Å². The van der Waals surface area contributed by atoms with Crippen LogP contribution in [-0.4, -0.2) is 19.8 Å². The molecule has 0 radical (unpaired) electrons. The molecule has 1 aliphatic rings. The molecule has 0 unspecified atom stereocenters. The number of hydrogen-bond acceptors (Lipinski definition) is 5. The highest BCUT2D eigenvalue weighted by atomic mass is 32.3. The van der Waals surface area contributed by atoms with Gasteiger partial charge in [-0.25, -0.2) is 0 Å². The fourth-order valence-electron chi connectivity index (χ4n) is 0.318. The molecule has 46 valence electrons. The van der Waals surface area contributed by atoms with Gasteiger partial charge in [-0.15, -0.1) is 11.8 Å². The van der Waals surface area contributed by atoms with Crippen LogP contribution in [0.3, 0.4) is 0 Å². The molecule has 1 rings (SSSR count). The van der Waals surface area contributed by atoms with Crippen LogP contribution in [0.4, 0.5) is 0 Å². The Morgan fingerprint density at radius 1 is 1.38 bits per heavy atom. The van der Waals surface area contributed by atoms with Crippen LogP contribution in [0, 0.1) is 0 Å². The Bertz CT molecular complexity index is 96.7. The third kappa shape index (κ3) is 1.80. The second-order valence-electron chi connectivity index (χ2n) is 1.09. The molecule has 1 N–H and O–H groups in total. The van der Waals surface area contributed by atoms with E-state index < -0.39 is 0 Å². The van der Waals surface area contributed by atoms with Gasteiger partial charge in [0.25, 0.3) is 0 Å². The normalized spacial score (nSPS) is 20.8. The van der Waals surface area contributed by atoms with Gasteiger partial charge >= 0.3 is 0 Å². The average Bonchev–Trinajstić information content (AvgIpc) is 1.90. The van der Waals surface area contributed by atoms with Crippen LogP contribution in [0.15, 0.2) is 5.16 Å². The Kier molecular flexibility index (Phi) is 2.93. The van der Waals surface area contributed by atoms with Gasteiger partial charge in [0, 0.05) is 10.2 Å². The van der Waals surface area contributed by atoms with E-state index in [9.17, 15) is 0 Å². The van der Waals surface area contributed by atoms with Gasteiger partial charge in [0.15, 0.2) is 4.38 Å². The van der Waals surface area contributed by atoms with Crippen molar-refractivity contribution in [2.24, 2.45) is 5.16 Å². The Morgan fingerprint density at radius 3 is 2.38 bits per heavy atom. The summed E-state index contributed by atoms with van der Waals surface area (Å²) >= 11 is 5.03. The van der Waals surface area contributed by atoms with Gasteiger partial charge < -0.3 is 5.21 Å². The SMILES string of the molecule is ON=C1SCSCS1. The minimum Gasteiger partial charge on any atom is -0.410 e. The molecule has 5 heteroatoms. The van der Waals surface area contributed by atoms with Crippen molar-refractivity contribution in [3.8, 4) is 0 Å². The summed E-state index contributed by atoms with van der Waals surface area (Å²) in [5, 5.41) is 13.3. The third-order valence-electron chi connectivity index (χ3n) is 0.613. The number of oxime groups is 1. The Labute approximate surface area is 60.5 Å². The van der Waals surface area contributed by atoms with Gasteiger partial charge in [-0.2, -0.15) is 0 Å². The molecule has 8 heavy (non-hydrogen) atoms. The molecule has 0 atom stereocenters. The molecule has 0 bridgehead atoms. The van der Waals surface area contributed by atoms with E-state index >= 15 is 0 Å². The maximum Gasteiger partial charge on any atom is 0.170 e. The summed E-state index contributed by atoms with van der Waals surface area (Å²) in [5.41, 5.74) is 0. The largest absolute Gasteiger partial charge is 0.410 e. The molecule has 0 saturated carbocycles. The summed E-state index contributed by atoms with van der Waals surface area (Å²) in [6.45, 7) is 0. The lowest BCUT2D eigenvalue weighted by Gasteiger charge is -2.07. The van der Waals surface area contributed by atoms with Crippen molar-refractivity contribution in [2.75, 3.05) is 10.2 Å². The van der Waals surface area contributed by atoms with Crippen LogP contribution in [0.5, 0.6) is 0 Å². The lowest BCUT2D eigenvalue weighted by atomic mass is 11.7. The van der Waals surface area contributed by atoms with E-state index in [1.165, 1.54) is 0 Å². The van der Waals surface area contributed by atoms with E-state index in [-0.39, 0.29) is 0 Å². The molecule has 2 nitrogen and oxygen atoms in total. The molecule has 0 aromatic heterocycles. The first-order valence-electron chi connectivity index (χ1n) is 1.99. The van der Waals surface area contributed by atoms with E-state index in [4.69, 9.17) is 5.21 Å². The van der Waals surface area contributed by atoms with Gasteiger partial charge in [-0.1, -0.05) is 28.7 Å². The van der Waals surface area contributed by atoms with Gasteiger partial charge in [0.05, 0.1) is 0 Å². The van der Waals surface area contributed by atoms with Gasteiger partial charge in [0.1, 0.15) is 0 Å². The first-order valence-corrected chi connectivity index (χ1v) is 5.11. The second-order valence-corrected chi connectivity index (χ2v) is 5.00. The van der Waals surface area contributed by atoms with Crippen molar-refractivity contribution >= 4 is 39.7 Å². The maximum absolute atomic E-state index is 8.23. The summed E-state index contributed by atoms with van der Waals surface area (Å²) in [6.07, 6.45) is 0. The number of rotatable bonds is 0. The maximum atomic E-state index is 8.23. The van der Waals surface area contributed by atoms with Crippen molar-refractivity contribution in [2.45, 2.75) is 0 Å². The summed E-state index contributed by atoms with van der Waals surface area (Å²) in [7, 11) is 0. The monoisotopic (exact) mass is 167 g/mol. The molecule has 1 saturated heterocycles. The van der Waals surface area contributed by atoms with Crippen molar-refractivity contribution < 1.29 is 5.21 Å². The summed E-state index contributed by atoms with van der Waals surface area (Å²) in [5.74, 6) is 0. The van der Waals surface area contributed by atoms with Gasteiger partial charge in [0.2, 0.25) is 0 Å². The standard InChI is InChI=1S/C3H5NOS3/c5-4-3-7-1-6-2-8-3/h5H,1-2H2. The Morgan fingerprint density at radius 2 is 2.00 bits per heavy atom. The third-order valence-corrected chi connectivity index (χ3v) is 4.25. The minimum atomic E-state index is 0.795. The lowest BCUT2D eigenvalue weighted by molar-refractivity contribution is 0.322. The van der Waals surface area contributed by atoms with E-state index in [0.717, 1.165) is 14.5 Å². The first kappa shape index (κ1) is 6.64. The Balaban J connectivity index is 2.33. The summed E-state index contributed by atoms with van der Waals surface area (Å²) < 4.78 is 0.795. The number of hydrogen-bond donors (Lipinski definition) is 1. The predicted octanol–water partition coefficient (Wildman–Crippen LogP) is 1.86. The molecule has 1 aliphatic heterocycles. The van der Waals surface area contributed by atoms with Crippen molar-refractivity contribution in [1.82, 2.24) is 0 Å². The topological polar surface area (TPSA) is 32.6 Å². The Hall–Kier alpha value is 0.520. The average molecular weight is 167 g/mol. The molecular weight excluding hydrogens is 162 g/mol. The van der Waals surface area contributed by atoms with Crippen molar-refractivity contribution in [3.63, 3.8) is 0 Å². The van der Waals surface area contributed by atoms with E-state index in [1.807, 2.05) is 11.8 Å². The minimum absolute atomic E-state index is 0.795. The van der Waals surface area contributed by atoms with Crippen molar-refractivity contribution in [3.05, 3.63) is 0 Å². The van der Waals surface area contributed by atoms with E-state index in [0.29, 0.717) is 0 Å². The van der Waals surface area contributed by atoms with Crippen LogP contribution in [0.25, 0.3) is 0 Å². The molecule has 1 fully saturated rings. The molecule has 0 aliphatic carbocycles. The van der Waals surface area contributed by atoms with E-state index in [2.05, 4.69) is 5.16 Å². The molecule has 1 heterocycles. The highest BCUT2D eigenvalue weighted by Gasteiger charge is 2.07. The predicted molar refractivity (Wildman–Crippen MR) is 41.7 cm³/mol. The van der Waals surface area contributed by atoms with E-state index in [1.54, 1.807) is 23.5 Å². The van der Waals surface area contributed by atoms with Crippen LogP contribution < -0.4 is 0 Å². The first-order chi connectivity index (χ1) is 3.93. The van der Waals surface area contributed by atoms with Crippen LogP contribution in [0.2, 0.25) is 0 Å².